The summed E-state index contributed by atoms with van der Waals surface area (Å²) in [6.45, 7) is 2.52. The fourth-order valence-corrected chi connectivity index (χ4v) is 2.18. The predicted molar refractivity (Wildman–Crippen MR) is 71.4 cm³/mol. The molecule has 0 fully saturated rings. The molecule has 5 nitrogen and oxygen atoms in total. The third-order valence-corrected chi connectivity index (χ3v) is 2.99. The number of carbonyl (C=O) groups is 1. The second-order valence-corrected chi connectivity index (χ2v) is 4.29. The van der Waals surface area contributed by atoms with Crippen LogP contribution in [0.4, 0.5) is 15.6 Å². The van der Waals surface area contributed by atoms with Crippen molar-refractivity contribution in [3.8, 4) is 5.75 Å². The van der Waals surface area contributed by atoms with Crippen molar-refractivity contribution in [2.75, 3.05) is 11.5 Å². The summed E-state index contributed by atoms with van der Waals surface area (Å²) in [6.07, 6.45) is 1.63. The number of thiazole rings is 1. The largest absolute Gasteiger partial charge is 0.494 e. The van der Waals surface area contributed by atoms with Gasteiger partial charge in [-0.15, -0.1) is 11.3 Å². The Morgan fingerprint density at radius 3 is 2.67 bits per heavy atom. The van der Waals surface area contributed by atoms with Crippen LogP contribution in [0.1, 0.15) is 6.92 Å². The summed E-state index contributed by atoms with van der Waals surface area (Å²) in [5.41, 5.74) is 6.05. The fourth-order valence-electron chi connectivity index (χ4n) is 1.52. The summed E-state index contributed by atoms with van der Waals surface area (Å²) in [6, 6.07) is 6.58. The Morgan fingerprint density at radius 2 is 2.17 bits per heavy atom. The van der Waals surface area contributed by atoms with E-state index in [4.69, 9.17) is 10.5 Å². The third kappa shape index (κ3) is 2.60. The number of ether oxygens (including phenoxy) is 1. The van der Waals surface area contributed by atoms with Gasteiger partial charge in [0.2, 0.25) is 0 Å². The van der Waals surface area contributed by atoms with Crippen LogP contribution in [0, 0.1) is 0 Å². The number of urea groups is 1. The molecule has 0 aliphatic carbocycles. The number of aromatic nitrogens is 1. The maximum Gasteiger partial charge on any atom is 0.325 e. The first kappa shape index (κ1) is 12.4. The monoisotopic (exact) mass is 263 g/mol. The molecular formula is C12H13N3O2S. The average molecular weight is 263 g/mol. The summed E-state index contributed by atoms with van der Waals surface area (Å²) in [5.74, 6) is 0.754. The van der Waals surface area contributed by atoms with Crippen LogP contribution in [-0.4, -0.2) is 17.6 Å². The van der Waals surface area contributed by atoms with Gasteiger partial charge in [0.15, 0.2) is 5.13 Å². The Labute approximate surface area is 109 Å². The molecule has 1 aromatic carbocycles. The molecule has 2 rings (SSSR count). The molecule has 2 amide bonds. The van der Waals surface area contributed by atoms with E-state index >= 15 is 0 Å². The van der Waals surface area contributed by atoms with Crippen molar-refractivity contribution in [3.05, 3.63) is 35.8 Å². The second kappa shape index (κ2) is 5.50. The van der Waals surface area contributed by atoms with E-state index in [1.807, 2.05) is 6.92 Å². The Bertz CT molecular complexity index is 511. The number of primary amides is 1. The van der Waals surface area contributed by atoms with Gasteiger partial charge in [-0.05, 0) is 31.2 Å². The average Bonchev–Trinajstić information content (AvgIpc) is 2.85. The van der Waals surface area contributed by atoms with Crippen molar-refractivity contribution in [1.82, 2.24) is 4.98 Å². The molecule has 2 N–H and O–H groups in total. The van der Waals surface area contributed by atoms with Crippen molar-refractivity contribution in [2.45, 2.75) is 6.92 Å². The van der Waals surface area contributed by atoms with E-state index in [0.717, 1.165) is 5.75 Å². The lowest BCUT2D eigenvalue weighted by Gasteiger charge is -2.17. The van der Waals surface area contributed by atoms with Gasteiger partial charge in [0.05, 0.1) is 12.3 Å². The molecular weight excluding hydrogens is 250 g/mol. The van der Waals surface area contributed by atoms with Crippen LogP contribution in [0.2, 0.25) is 0 Å². The van der Waals surface area contributed by atoms with Crippen LogP contribution in [0.5, 0.6) is 5.75 Å². The van der Waals surface area contributed by atoms with Crippen LogP contribution in [0.25, 0.3) is 0 Å². The number of carbonyl (C=O) groups excluding carboxylic acids is 1. The molecule has 1 aromatic heterocycles. The zero-order chi connectivity index (χ0) is 13.0. The van der Waals surface area contributed by atoms with Gasteiger partial charge in [-0.2, -0.15) is 0 Å². The molecule has 0 spiro atoms. The minimum atomic E-state index is -0.561. The van der Waals surface area contributed by atoms with E-state index in [-0.39, 0.29) is 0 Å². The minimum Gasteiger partial charge on any atom is -0.494 e. The van der Waals surface area contributed by atoms with Crippen molar-refractivity contribution in [3.63, 3.8) is 0 Å². The Kier molecular flexibility index (Phi) is 3.78. The molecule has 0 radical (unpaired) electrons. The molecule has 18 heavy (non-hydrogen) atoms. The number of amides is 2. The molecule has 94 valence electrons. The van der Waals surface area contributed by atoms with Gasteiger partial charge in [0.25, 0.3) is 0 Å². The highest BCUT2D eigenvalue weighted by atomic mass is 32.1. The molecule has 0 saturated carbocycles. The third-order valence-electron chi connectivity index (χ3n) is 2.24. The topological polar surface area (TPSA) is 68.5 Å². The lowest BCUT2D eigenvalue weighted by atomic mass is 10.3. The zero-order valence-electron chi connectivity index (χ0n) is 9.87. The first-order chi connectivity index (χ1) is 8.72. The van der Waals surface area contributed by atoms with E-state index in [1.54, 1.807) is 35.8 Å². The molecule has 0 bridgehead atoms. The minimum absolute atomic E-state index is 0.548. The number of hydrogen-bond acceptors (Lipinski definition) is 4. The highest BCUT2D eigenvalue weighted by molar-refractivity contribution is 7.13. The summed E-state index contributed by atoms with van der Waals surface area (Å²) in [7, 11) is 0. The van der Waals surface area contributed by atoms with E-state index in [1.165, 1.54) is 16.2 Å². The number of nitrogens with two attached hydrogens (primary N) is 1. The van der Waals surface area contributed by atoms with E-state index in [2.05, 4.69) is 4.98 Å². The number of rotatable bonds is 4. The second-order valence-electron chi connectivity index (χ2n) is 3.42. The summed E-state index contributed by atoms with van der Waals surface area (Å²) < 4.78 is 5.34. The highest BCUT2D eigenvalue weighted by Crippen LogP contribution is 2.28. The Hall–Kier alpha value is -2.08. The number of hydrogen-bond donors (Lipinski definition) is 1. The summed E-state index contributed by atoms with van der Waals surface area (Å²) >= 11 is 1.35. The lowest BCUT2D eigenvalue weighted by molar-refractivity contribution is 0.256. The maximum absolute atomic E-state index is 11.5. The van der Waals surface area contributed by atoms with Crippen molar-refractivity contribution >= 4 is 28.2 Å². The van der Waals surface area contributed by atoms with Gasteiger partial charge in [-0.3, -0.25) is 0 Å². The van der Waals surface area contributed by atoms with Crippen LogP contribution in [0.3, 0.4) is 0 Å². The molecule has 0 aliphatic heterocycles. The molecule has 0 atom stereocenters. The number of nitrogens with zero attached hydrogens (tertiary/aromatic N) is 2. The molecule has 0 saturated heterocycles. The highest BCUT2D eigenvalue weighted by Gasteiger charge is 2.17. The Morgan fingerprint density at radius 1 is 1.44 bits per heavy atom. The van der Waals surface area contributed by atoms with Gasteiger partial charge in [0, 0.05) is 11.6 Å². The van der Waals surface area contributed by atoms with Crippen molar-refractivity contribution in [1.29, 1.82) is 0 Å². The predicted octanol–water partition coefficient (Wildman–Crippen LogP) is 2.76. The first-order valence-electron chi connectivity index (χ1n) is 5.44. The standard InChI is InChI=1S/C12H13N3O2S/c1-2-17-10-5-3-9(4-6-10)15(11(13)16)12-14-7-8-18-12/h3-8H,2H2,1H3,(H2,13,16). The van der Waals surface area contributed by atoms with E-state index in [9.17, 15) is 4.79 Å². The van der Waals surface area contributed by atoms with Gasteiger partial charge >= 0.3 is 6.03 Å². The molecule has 0 aliphatic rings. The summed E-state index contributed by atoms with van der Waals surface area (Å²) in [5, 5.41) is 2.34. The van der Waals surface area contributed by atoms with Gasteiger partial charge < -0.3 is 10.5 Å². The molecule has 2 aromatic rings. The smallest absolute Gasteiger partial charge is 0.325 e. The summed E-state index contributed by atoms with van der Waals surface area (Å²) in [4.78, 5) is 16.9. The van der Waals surface area contributed by atoms with Crippen molar-refractivity contribution < 1.29 is 9.53 Å². The van der Waals surface area contributed by atoms with Gasteiger partial charge in [0.1, 0.15) is 5.75 Å². The van der Waals surface area contributed by atoms with Crippen LogP contribution >= 0.6 is 11.3 Å². The van der Waals surface area contributed by atoms with Gasteiger partial charge in [-0.25, -0.2) is 14.7 Å². The Balaban J connectivity index is 2.29. The number of benzene rings is 1. The van der Waals surface area contributed by atoms with Gasteiger partial charge in [-0.1, -0.05) is 0 Å². The van der Waals surface area contributed by atoms with Crippen LogP contribution < -0.4 is 15.4 Å². The SMILES string of the molecule is CCOc1ccc(N(C(N)=O)c2nccs2)cc1. The molecule has 1 heterocycles. The van der Waals surface area contributed by atoms with Crippen molar-refractivity contribution in [2.24, 2.45) is 5.73 Å². The maximum atomic E-state index is 11.5. The van der Waals surface area contributed by atoms with E-state index < -0.39 is 6.03 Å². The quantitative estimate of drug-likeness (QED) is 0.922. The van der Waals surface area contributed by atoms with E-state index in [0.29, 0.717) is 17.4 Å². The fraction of sp³-hybridized carbons (Fsp3) is 0.167. The van der Waals surface area contributed by atoms with Crippen LogP contribution in [0.15, 0.2) is 35.8 Å². The van der Waals surface area contributed by atoms with Crippen LogP contribution in [-0.2, 0) is 0 Å². The molecule has 6 heteroatoms. The number of anilines is 2. The molecule has 0 unspecified atom stereocenters. The normalized spacial score (nSPS) is 10.1. The first-order valence-corrected chi connectivity index (χ1v) is 6.32. The lowest BCUT2D eigenvalue weighted by Crippen LogP contribution is -2.31. The zero-order valence-corrected chi connectivity index (χ0v) is 10.7.